The Morgan fingerprint density at radius 1 is 1.32 bits per heavy atom. The van der Waals surface area contributed by atoms with Crippen LogP contribution in [-0.4, -0.2) is 38.5 Å². The molecule has 1 N–H and O–H groups in total. The minimum Gasteiger partial charge on any atom is -0.497 e. The number of aromatic nitrogens is 4. The number of nitrogens with one attached hydrogen (secondary N) is 1. The lowest BCUT2D eigenvalue weighted by atomic mass is 10.0. The molecule has 0 atom stereocenters. The van der Waals surface area contributed by atoms with Crippen LogP contribution in [0, 0.1) is 6.92 Å². The minimum atomic E-state index is -0.0977. The molecule has 0 spiro atoms. The first-order chi connectivity index (χ1) is 13.6. The van der Waals surface area contributed by atoms with Crippen LogP contribution in [0.1, 0.15) is 23.4 Å². The van der Waals surface area contributed by atoms with Crippen LogP contribution in [0.2, 0.25) is 0 Å². The number of aryl methyl sites for hydroxylation is 3. The second-order valence-corrected chi connectivity index (χ2v) is 8.11. The fourth-order valence-corrected chi connectivity index (χ4v) is 4.05. The van der Waals surface area contributed by atoms with Gasteiger partial charge in [-0.1, -0.05) is 17.8 Å². The molecule has 2 aromatic heterocycles. The molecular weight excluding hydrogens is 394 g/mol. The van der Waals surface area contributed by atoms with Gasteiger partial charge in [0.1, 0.15) is 11.6 Å². The van der Waals surface area contributed by atoms with Gasteiger partial charge in [0.25, 0.3) is 0 Å². The SMILES string of the molecule is COc1ccc(CCCc2nnc(SCC(=O)Nc3nccs3)n2C)c(C)c1. The second-order valence-electron chi connectivity index (χ2n) is 6.28. The monoisotopic (exact) mass is 417 g/mol. The molecule has 3 aromatic rings. The van der Waals surface area contributed by atoms with Crippen LogP contribution in [0.3, 0.4) is 0 Å². The lowest BCUT2D eigenvalue weighted by Gasteiger charge is -2.08. The number of carbonyl (C=O) groups excluding carboxylic acids is 1. The van der Waals surface area contributed by atoms with E-state index in [1.165, 1.54) is 34.2 Å². The van der Waals surface area contributed by atoms with Gasteiger partial charge in [0, 0.05) is 25.0 Å². The van der Waals surface area contributed by atoms with Gasteiger partial charge in [0.15, 0.2) is 10.3 Å². The van der Waals surface area contributed by atoms with Crippen LogP contribution >= 0.6 is 23.1 Å². The molecule has 0 aliphatic heterocycles. The third-order valence-electron chi connectivity index (χ3n) is 4.33. The van der Waals surface area contributed by atoms with Crippen LogP contribution in [-0.2, 0) is 24.7 Å². The summed E-state index contributed by atoms with van der Waals surface area (Å²) in [6.07, 6.45) is 4.45. The number of rotatable bonds is 9. The quantitative estimate of drug-likeness (QED) is 0.537. The Morgan fingerprint density at radius 2 is 2.18 bits per heavy atom. The Balaban J connectivity index is 1.48. The number of hydrogen-bond acceptors (Lipinski definition) is 7. The zero-order valence-electron chi connectivity index (χ0n) is 16.1. The summed E-state index contributed by atoms with van der Waals surface area (Å²) in [6.45, 7) is 2.10. The largest absolute Gasteiger partial charge is 0.497 e. The van der Waals surface area contributed by atoms with Crippen molar-refractivity contribution in [3.63, 3.8) is 0 Å². The topological polar surface area (TPSA) is 81.9 Å². The van der Waals surface area contributed by atoms with Gasteiger partial charge in [-0.25, -0.2) is 4.98 Å². The third-order valence-corrected chi connectivity index (χ3v) is 6.04. The Bertz CT molecular complexity index is 925. The molecule has 0 aliphatic carbocycles. The summed E-state index contributed by atoms with van der Waals surface area (Å²) in [5, 5.41) is 14.4. The highest BCUT2D eigenvalue weighted by atomic mass is 32.2. The molecule has 0 unspecified atom stereocenters. The summed E-state index contributed by atoms with van der Waals surface area (Å²) in [4.78, 5) is 16.0. The number of nitrogens with zero attached hydrogens (tertiary/aromatic N) is 4. The predicted molar refractivity (Wildman–Crippen MR) is 112 cm³/mol. The Labute approximate surface area is 172 Å². The number of amides is 1. The van der Waals surface area contributed by atoms with Gasteiger partial charge in [0.05, 0.1) is 12.9 Å². The van der Waals surface area contributed by atoms with E-state index in [2.05, 4.69) is 39.6 Å². The highest BCUT2D eigenvalue weighted by Crippen LogP contribution is 2.20. The Morgan fingerprint density at radius 3 is 2.89 bits per heavy atom. The van der Waals surface area contributed by atoms with Crippen molar-refractivity contribution in [1.82, 2.24) is 19.7 Å². The molecule has 148 valence electrons. The van der Waals surface area contributed by atoms with Gasteiger partial charge >= 0.3 is 0 Å². The molecule has 28 heavy (non-hydrogen) atoms. The van der Waals surface area contributed by atoms with Gasteiger partial charge in [-0.15, -0.1) is 21.5 Å². The van der Waals surface area contributed by atoms with Crippen molar-refractivity contribution in [2.24, 2.45) is 7.05 Å². The number of benzene rings is 1. The third kappa shape index (κ3) is 5.32. The van der Waals surface area contributed by atoms with Crippen LogP contribution in [0.25, 0.3) is 0 Å². The maximum absolute atomic E-state index is 12.0. The Kier molecular flexibility index (Phi) is 7.05. The van der Waals surface area contributed by atoms with Crippen molar-refractivity contribution in [3.8, 4) is 5.75 Å². The molecule has 3 rings (SSSR count). The first kappa shape index (κ1) is 20.3. The summed E-state index contributed by atoms with van der Waals surface area (Å²) in [6, 6.07) is 6.17. The molecular formula is C19H23N5O2S2. The molecule has 0 radical (unpaired) electrons. The molecule has 0 aliphatic rings. The number of ether oxygens (including phenoxy) is 1. The van der Waals surface area contributed by atoms with Crippen molar-refractivity contribution in [3.05, 3.63) is 46.7 Å². The highest BCUT2D eigenvalue weighted by Gasteiger charge is 2.12. The smallest absolute Gasteiger partial charge is 0.236 e. The van der Waals surface area contributed by atoms with E-state index >= 15 is 0 Å². The molecule has 7 nitrogen and oxygen atoms in total. The van der Waals surface area contributed by atoms with Crippen molar-refractivity contribution in [1.29, 1.82) is 0 Å². The van der Waals surface area contributed by atoms with Gasteiger partial charge in [-0.05, 0) is 43.0 Å². The second kappa shape index (κ2) is 9.70. The van der Waals surface area contributed by atoms with Crippen molar-refractivity contribution in [2.45, 2.75) is 31.3 Å². The fourth-order valence-electron chi connectivity index (χ4n) is 2.77. The van der Waals surface area contributed by atoms with Crippen molar-refractivity contribution >= 4 is 34.1 Å². The molecule has 9 heteroatoms. The molecule has 2 heterocycles. The summed E-state index contributed by atoms with van der Waals surface area (Å²) in [7, 11) is 3.62. The van der Waals surface area contributed by atoms with Crippen LogP contribution in [0.4, 0.5) is 5.13 Å². The van der Waals surface area contributed by atoms with Gasteiger partial charge < -0.3 is 14.6 Å². The number of anilines is 1. The van der Waals surface area contributed by atoms with E-state index in [1.54, 1.807) is 13.3 Å². The number of carbonyl (C=O) groups is 1. The molecule has 0 bridgehead atoms. The predicted octanol–water partition coefficient (Wildman–Crippen LogP) is 3.49. The lowest BCUT2D eigenvalue weighted by Crippen LogP contribution is -2.14. The molecule has 0 saturated heterocycles. The summed E-state index contributed by atoms with van der Waals surface area (Å²) in [5.74, 6) is 1.99. The number of methoxy groups -OCH3 is 1. The van der Waals surface area contributed by atoms with Gasteiger partial charge in [-0.2, -0.15) is 0 Å². The van der Waals surface area contributed by atoms with E-state index in [-0.39, 0.29) is 11.7 Å². The molecule has 0 fully saturated rings. The van der Waals surface area contributed by atoms with E-state index in [9.17, 15) is 4.79 Å². The summed E-state index contributed by atoms with van der Waals surface area (Å²) >= 11 is 2.77. The fraction of sp³-hybridized carbons (Fsp3) is 0.368. The molecule has 1 amide bonds. The van der Waals surface area contributed by atoms with E-state index in [4.69, 9.17) is 4.74 Å². The van der Waals surface area contributed by atoms with Crippen LogP contribution < -0.4 is 10.1 Å². The molecule has 1 aromatic carbocycles. The van der Waals surface area contributed by atoms with E-state index in [0.29, 0.717) is 5.13 Å². The zero-order chi connectivity index (χ0) is 19.9. The zero-order valence-corrected chi connectivity index (χ0v) is 17.8. The maximum Gasteiger partial charge on any atom is 0.236 e. The Hall–Kier alpha value is -2.39. The van der Waals surface area contributed by atoms with Crippen molar-refractivity contribution in [2.75, 3.05) is 18.2 Å². The lowest BCUT2D eigenvalue weighted by molar-refractivity contribution is -0.113. The maximum atomic E-state index is 12.0. The normalized spacial score (nSPS) is 10.8. The van der Waals surface area contributed by atoms with Gasteiger partial charge in [0.2, 0.25) is 5.91 Å². The summed E-state index contributed by atoms with van der Waals surface area (Å²) < 4.78 is 7.22. The summed E-state index contributed by atoms with van der Waals surface area (Å²) in [5.41, 5.74) is 2.55. The highest BCUT2D eigenvalue weighted by molar-refractivity contribution is 7.99. The number of hydrogen-bond donors (Lipinski definition) is 1. The first-order valence-electron chi connectivity index (χ1n) is 8.90. The van der Waals surface area contributed by atoms with Crippen LogP contribution in [0.5, 0.6) is 5.75 Å². The standard InChI is InChI=1S/C19H23N5O2S2/c1-13-11-15(26-3)8-7-14(13)5-4-6-16-22-23-19(24(16)2)28-12-17(25)21-18-20-9-10-27-18/h7-11H,4-6,12H2,1-3H3,(H,20,21,25). The first-order valence-corrected chi connectivity index (χ1v) is 10.8. The van der Waals surface area contributed by atoms with Crippen molar-refractivity contribution < 1.29 is 9.53 Å². The minimum absolute atomic E-state index is 0.0977. The number of thioether (sulfide) groups is 1. The molecule has 0 saturated carbocycles. The van der Waals surface area contributed by atoms with Gasteiger partial charge in [-0.3, -0.25) is 4.79 Å². The van der Waals surface area contributed by atoms with E-state index in [1.807, 2.05) is 23.1 Å². The number of thiazole rings is 1. The van der Waals surface area contributed by atoms with E-state index in [0.717, 1.165) is 36.0 Å². The average Bonchev–Trinajstić information content (AvgIpc) is 3.31. The van der Waals surface area contributed by atoms with E-state index < -0.39 is 0 Å². The van der Waals surface area contributed by atoms with Crippen LogP contribution in [0.15, 0.2) is 34.9 Å². The average molecular weight is 418 g/mol.